The van der Waals surface area contributed by atoms with Crippen molar-refractivity contribution in [3.8, 4) is 0 Å². The molecule has 5 rings (SSSR count). The molecule has 1 unspecified atom stereocenters. The molecule has 1 aliphatic heterocycles. The Hall–Kier alpha value is -4.17. The van der Waals surface area contributed by atoms with Crippen molar-refractivity contribution >= 4 is 38.3 Å². The standard InChI is InChI=1S/C32H33N3O4S/c1-23-10-6-13-25(20-23)22-34(28(32(37)33-2)21-24-11-4-3-5-12-24)30(36)18-9-19-35-27-16-7-14-26-15-8-17-29(31(26)27)40(35,38)39/h3-8,10-17,20,28H,9,18-19,21-22H2,1-2H3,(H,33,37). The van der Waals surface area contributed by atoms with Crippen LogP contribution in [0.25, 0.3) is 10.8 Å². The summed E-state index contributed by atoms with van der Waals surface area (Å²) < 4.78 is 28.1. The minimum Gasteiger partial charge on any atom is -0.357 e. The van der Waals surface area contributed by atoms with E-state index in [-0.39, 0.29) is 31.3 Å². The lowest BCUT2D eigenvalue weighted by Gasteiger charge is -2.31. The van der Waals surface area contributed by atoms with E-state index in [1.54, 1.807) is 24.1 Å². The van der Waals surface area contributed by atoms with Crippen LogP contribution in [-0.4, -0.2) is 44.8 Å². The smallest absolute Gasteiger partial charge is 0.265 e. The molecule has 0 saturated heterocycles. The van der Waals surface area contributed by atoms with Gasteiger partial charge in [0, 0.05) is 38.4 Å². The zero-order chi connectivity index (χ0) is 28.3. The Morgan fingerprint density at radius 2 is 1.60 bits per heavy atom. The van der Waals surface area contributed by atoms with Crippen molar-refractivity contribution < 1.29 is 18.0 Å². The number of benzene rings is 4. The number of sulfonamides is 1. The molecule has 0 saturated carbocycles. The predicted octanol–water partition coefficient (Wildman–Crippen LogP) is 4.82. The lowest BCUT2D eigenvalue weighted by Crippen LogP contribution is -2.49. The van der Waals surface area contributed by atoms with Gasteiger partial charge >= 0.3 is 0 Å². The molecule has 0 aliphatic carbocycles. The number of carbonyl (C=O) groups is 2. The number of nitrogens with zero attached hydrogens (tertiary/aromatic N) is 2. The van der Waals surface area contributed by atoms with E-state index in [1.165, 1.54) is 4.31 Å². The van der Waals surface area contributed by atoms with Crippen molar-refractivity contribution in [2.24, 2.45) is 0 Å². The number of likely N-dealkylation sites (N-methyl/N-ethyl adjacent to an activating group) is 1. The molecule has 4 aromatic rings. The minimum atomic E-state index is -3.70. The summed E-state index contributed by atoms with van der Waals surface area (Å²) >= 11 is 0. The lowest BCUT2D eigenvalue weighted by molar-refractivity contribution is -0.141. The molecule has 40 heavy (non-hydrogen) atoms. The van der Waals surface area contributed by atoms with Crippen LogP contribution in [0, 0.1) is 6.92 Å². The van der Waals surface area contributed by atoms with Gasteiger partial charge in [-0.1, -0.05) is 84.4 Å². The van der Waals surface area contributed by atoms with Crippen LogP contribution in [0.1, 0.15) is 29.5 Å². The molecule has 1 aliphatic rings. The first kappa shape index (κ1) is 27.4. The second kappa shape index (κ2) is 11.5. The van der Waals surface area contributed by atoms with Crippen molar-refractivity contribution in [2.75, 3.05) is 17.9 Å². The van der Waals surface area contributed by atoms with E-state index in [1.807, 2.05) is 85.8 Å². The van der Waals surface area contributed by atoms with Crippen LogP contribution in [0.5, 0.6) is 0 Å². The fraction of sp³-hybridized carbons (Fsp3) is 0.250. The van der Waals surface area contributed by atoms with Crippen LogP contribution < -0.4 is 9.62 Å². The van der Waals surface area contributed by atoms with Gasteiger partial charge in [0.2, 0.25) is 11.8 Å². The Morgan fingerprint density at radius 3 is 2.33 bits per heavy atom. The molecule has 0 radical (unpaired) electrons. The van der Waals surface area contributed by atoms with Crippen molar-refractivity contribution in [2.45, 2.75) is 43.7 Å². The first-order valence-corrected chi connectivity index (χ1v) is 14.9. The molecular weight excluding hydrogens is 522 g/mol. The van der Waals surface area contributed by atoms with Crippen molar-refractivity contribution in [1.29, 1.82) is 0 Å². The molecule has 8 heteroatoms. The number of nitrogens with one attached hydrogen (secondary N) is 1. The fourth-order valence-corrected chi connectivity index (χ4v) is 7.19. The third kappa shape index (κ3) is 5.45. The van der Waals surface area contributed by atoms with Crippen LogP contribution in [-0.2, 0) is 32.6 Å². The number of amides is 2. The zero-order valence-corrected chi connectivity index (χ0v) is 23.5. The topological polar surface area (TPSA) is 86.8 Å². The number of rotatable bonds is 10. The number of hydrogen-bond acceptors (Lipinski definition) is 4. The molecule has 0 aromatic heterocycles. The second-order valence-corrected chi connectivity index (χ2v) is 12.0. The fourth-order valence-electron chi connectivity index (χ4n) is 5.44. The molecular formula is C32H33N3O4S. The van der Waals surface area contributed by atoms with E-state index in [0.717, 1.165) is 27.5 Å². The average molecular weight is 556 g/mol. The predicted molar refractivity (Wildman–Crippen MR) is 157 cm³/mol. The van der Waals surface area contributed by atoms with Crippen LogP contribution in [0.2, 0.25) is 0 Å². The number of hydrogen-bond donors (Lipinski definition) is 1. The number of carbonyl (C=O) groups excluding carboxylic acids is 2. The summed E-state index contributed by atoms with van der Waals surface area (Å²) in [6, 6.07) is 27.7. The summed E-state index contributed by atoms with van der Waals surface area (Å²) in [5, 5.41) is 4.32. The summed E-state index contributed by atoms with van der Waals surface area (Å²) in [5.74, 6) is -0.438. The lowest BCUT2D eigenvalue weighted by atomic mass is 10.0. The maximum Gasteiger partial charge on any atom is 0.265 e. The van der Waals surface area contributed by atoms with E-state index in [4.69, 9.17) is 0 Å². The first-order valence-electron chi connectivity index (χ1n) is 13.4. The molecule has 0 bridgehead atoms. The molecule has 1 N–H and O–H groups in total. The van der Waals surface area contributed by atoms with E-state index in [9.17, 15) is 18.0 Å². The largest absolute Gasteiger partial charge is 0.357 e. The summed E-state index contributed by atoms with van der Waals surface area (Å²) in [6.07, 6.45) is 0.793. The van der Waals surface area contributed by atoms with Crippen molar-refractivity contribution in [1.82, 2.24) is 10.2 Å². The van der Waals surface area contributed by atoms with Gasteiger partial charge in [-0.2, -0.15) is 0 Å². The van der Waals surface area contributed by atoms with Gasteiger partial charge in [0.25, 0.3) is 10.0 Å². The summed E-state index contributed by atoms with van der Waals surface area (Å²) in [5.41, 5.74) is 3.59. The highest BCUT2D eigenvalue weighted by Crippen LogP contribution is 2.42. The van der Waals surface area contributed by atoms with Gasteiger partial charge in [-0.05, 0) is 42.0 Å². The van der Waals surface area contributed by atoms with Crippen LogP contribution >= 0.6 is 0 Å². The normalized spacial score (nSPS) is 14.2. The summed E-state index contributed by atoms with van der Waals surface area (Å²) in [7, 11) is -2.12. The van der Waals surface area contributed by atoms with E-state index >= 15 is 0 Å². The van der Waals surface area contributed by atoms with Crippen LogP contribution in [0.4, 0.5) is 5.69 Å². The van der Waals surface area contributed by atoms with Gasteiger partial charge in [-0.3, -0.25) is 13.9 Å². The molecule has 0 fully saturated rings. The van der Waals surface area contributed by atoms with E-state index in [0.29, 0.717) is 23.4 Å². The second-order valence-electron chi connectivity index (χ2n) is 10.1. The maximum atomic E-state index is 13.8. The SMILES string of the molecule is CNC(=O)C(Cc1ccccc1)N(Cc1cccc(C)c1)C(=O)CCCN1c2cccc3cccc(c23)S1(=O)=O. The van der Waals surface area contributed by atoms with Crippen molar-refractivity contribution in [3.05, 3.63) is 108 Å². The van der Waals surface area contributed by atoms with Crippen LogP contribution in [0.3, 0.4) is 0 Å². The Balaban J connectivity index is 1.38. The molecule has 4 aromatic carbocycles. The average Bonchev–Trinajstić information content (AvgIpc) is 3.18. The van der Waals surface area contributed by atoms with Gasteiger partial charge < -0.3 is 10.2 Å². The highest BCUT2D eigenvalue weighted by atomic mass is 32.2. The molecule has 1 heterocycles. The van der Waals surface area contributed by atoms with Gasteiger partial charge in [0.15, 0.2) is 0 Å². The van der Waals surface area contributed by atoms with E-state index < -0.39 is 16.1 Å². The Bertz CT molecular complexity index is 1650. The maximum absolute atomic E-state index is 13.8. The van der Waals surface area contributed by atoms with Crippen molar-refractivity contribution in [3.63, 3.8) is 0 Å². The van der Waals surface area contributed by atoms with Gasteiger partial charge in [0.1, 0.15) is 6.04 Å². The monoisotopic (exact) mass is 555 g/mol. The Labute approximate surface area is 235 Å². The minimum absolute atomic E-state index is 0.104. The summed E-state index contributed by atoms with van der Waals surface area (Å²) in [4.78, 5) is 28.9. The zero-order valence-electron chi connectivity index (χ0n) is 22.7. The molecule has 7 nitrogen and oxygen atoms in total. The molecule has 206 valence electrons. The number of aryl methyl sites for hydroxylation is 1. The van der Waals surface area contributed by atoms with Crippen LogP contribution in [0.15, 0.2) is 95.9 Å². The van der Waals surface area contributed by atoms with Gasteiger partial charge in [-0.25, -0.2) is 8.42 Å². The molecule has 0 spiro atoms. The number of anilines is 1. The van der Waals surface area contributed by atoms with Gasteiger partial charge in [-0.15, -0.1) is 0 Å². The quantitative estimate of drug-likeness (QED) is 0.304. The van der Waals surface area contributed by atoms with E-state index in [2.05, 4.69) is 5.32 Å². The Kier molecular flexibility index (Phi) is 7.89. The third-order valence-electron chi connectivity index (χ3n) is 7.39. The highest BCUT2D eigenvalue weighted by molar-refractivity contribution is 7.93. The summed E-state index contributed by atoms with van der Waals surface area (Å²) in [6.45, 7) is 2.44. The van der Waals surface area contributed by atoms with Gasteiger partial charge in [0.05, 0.1) is 10.6 Å². The third-order valence-corrected chi connectivity index (χ3v) is 9.24. The Morgan fingerprint density at radius 1 is 0.900 bits per heavy atom. The first-order chi connectivity index (χ1) is 19.3. The molecule has 1 atom stereocenters. The highest BCUT2D eigenvalue weighted by Gasteiger charge is 2.35. The molecule has 2 amide bonds.